The van der Waals surface area contributed by atoms with Crippen molar-refractivity contribution >= 4 is 18.3 Å². The molecule has 2 aliphatic carbocycles. The van der Waals surface area contributed by atoms with E-state index in [1.54, 1.807) is 0 Å². The standard InChI is InChI=1S/C16H30N2O.ClH/c1-12-6-5-8-14(10-12)18(2)16(19)11-13-7-3-4-9-15(13)17;/h12-15H,3-11,17H2,1-2H3;1H. The van der Waals surface area contributed by atoms with Crippen molar-refractivity contribution in [2.45, 2.75) is 76.8 Å². The van der Waals surface area contributed by atoms with E-state index < -0.39 is 0 Å². The molecule has 4 unspecified atom stereocenters. The number of rotatable bonds is 3. The molecule has 0 heterocycles. The van der Waals surface area contributed by atoms with Crippen molar-refractivity contribution in [1.29, 1.82) is 0 Å². The van der Waals surface area contributed by atoms with Gasteiger partial charge in [0, 0.05) is 25.6 Å². The number of hydrogen-bond donors (Lipinski definition) is 1. The summed E-state index contributed by atoms with van der Waals surface area (Å²) in [5, 5.41) is 0. The van der Waals surface area contributed by atoms with Crippen LogP contribution in [0, 0.1) is 11.8 Å². The fourth-order valence-corrected chi connectivity index (χ4v) is 3.82. The third-order valence-electron chi connectivity index (χ3n) is 5.25. The number of nitrogens with zero attached hydrogens (tertiary/aromatic N) is 1. The first-order chi connectivity index (χ1) is 9.08. The minimum atomic E-state index is 0. The predicted octanol–water partition coefficient (Wildman–Crippen LogP) is 3.35. The average Bonchev–Trinajstić information content (AvgIpc) is 2.40. The summed E-state index contributed by atoms with van der Waals surface area (Å²) in [6, 6.07) is 0.715. The summed E-state index contributed by atoms with van der Waals surface area (Å²) < 4.78 is 0. The molecule has 0 aliphatic heterocycles. The number of carbonyl (C=O) groups is 1. The van der Waals surface area contributed by atoms with Crippen LogP contribution in [-0.2, 0) is 4.79 Å². The molecule has 2 fully saturated rings. The van der Waals surface area contributed by atoms with Crippen LogP contribution in [0.5, 0.6) is 0 Å². The summed E-state index contributed by atoms with van der Waals surface area (Å²) in [7, 11) is 2.00. The Bertz CT molecular complexity index is 311. The first-order valence-corrected chi connectivity index (χ1v) is 8.09. The topological polar surface area (TPSA) is 46.3 Å². The molecule has 2 rings (SSSR count). The van der Waals surface area contributed by atoms with Crippen LogP contribution in [0.15, 0.2) is 0 Å². The monoisotopic (exact) mass is 302 g/mol. The number of carbonyl (C=O) groups excluding carboxylic acids is 1. The first kappa shape index (κ1) is 17.8. The van der Waals surface area contributed by atoms with Gasteiger partial charge in [-0.25, -0.2) is 0 Å². The average molecular weight is 303 g/mol. The predicted molar refractivity (Wildman–Crippen MR) is 86.0 cm³/mol. The number of hydrogen-bond acceptors (Lipinski definition) is 2. The van der Waals surface area contributed by atoms with Gasteiger partial charge in [-0.05, 0) is 37.5 Å². The lowest BCUT2D eigenvalue weighted by Crippen LogP contribution is -2.43. The van der Waals surface area contributed by atoms with Gasteiger partial charge in [0.25, 0.3) is 0 Å². The van der Waals surface area contributed by atoms with Gasteiger partial charge in [0.15, 0.2) is 0 Å². The second-order valence-electron chi connectivity index (χ2n) is 6.84. The van der Waals surface area contributed by atoms with Crippen molar-refractivity contribution in [2.75, 3.05) is 7.05 Å². The van der Waals surface area contributed by atoms with E-state index in [-0.39, 0.29) is 18.4 Å². The Labute approximate surface area is 130 Å². The lowest BCUT2D eigenvalue weighted by atomic mass is 9.82. The smallest absolute Gasteiger partial charge is 0.222 e. The third kappa shape index (κ3) is 4.63. The highest BCUT2D eigenvalue weighted by Gasteiger charge is 2.29. The Kier molecular flexibility index (Phi) is 7.32. The quantitative estimate of drug-likeness (QED) is 0.869. The van der Waals surface area contributed by atoms with Crippen LogP contribution < -0.4 is 5.73 Å². The van der Waals surface area contributed by atoms with Crippen LogP contribution in [0.3, 0.4) is 0 Å². The molecule has 0 radical (unpaired) electrons. The second-order valence-corrected chi connectivity index (χ2v) is 6.84. The van der Waals surface area contributed by atoms with Gasteiger partial charge in [0.2, 0.25) is 5.91 Å². The zero-order chi connectivity index (χ0) is 13.8. The number of halogens is 1. The van der Waals surface area contributed by atoms with Crippen molar-refractivity contribution in [2.24, 2.45) is 17.6 Å². The lowest BCUT2D eigenvalue weighted by molar-refractivity contribution is -0.134. The first-order valence-electron chi connectivity index (χ1n) is 8.09. The Morgan fingerprint density at radius 3 is 2.50 bits per heavy atom. The van der Waals surface area contributed by atoms with E-state index in [0.717, 1.165) is 18.8 Å². The van der Waals surface area contributed by atoms with Gasteiger partial charge in [-0.1, -0.05) is 32.6 Å². The van der Waals surface area contributed by atoms with E-state index >= 15 is 0 Å². The molecule has 0 saturated heterocycles. The van der Waals surface area contributed by atoms with Gasteiger partial charge in [-0.2, -0.15) is 0 Å². The molecule has 0 aromatic heterocycles. The Morgan fingerprint density at radius 1 is 1.15 bits per heavy atom. The summed E-state index contributed by atoms with van der Waals surface area (Å²) in [6.45, 7) is 2.31. The summed E-state index contributed by atoms with van der Waals surface area (Å²) in [6.07, 6.45) is 10.4. The molecule has 118 valence electrons. The van der Waals surface area contributed by atoms with Gasteiger partial charge in [-0.15, -0.1) is 12.4 Å². The highest BCUT2D eigenvalue weighted by atomic mass is 35.5. The van der Waals surface area contributed by atoms with Crippen molar-refractivity contribution < 1.29 is 4.79 Å². The normalized spacial score (nSPS) is 34.1. The molecule has 2 saturated carbocycles. The zero-order valence-electron chi connectivity index (χ0n) is 13.0. The molecule has 3 nitrogen and oxygen atoms in total. The van der Waals surface area contributed by atoms with Crippen molar-refractivity contribution in [3.05, 3.63) is 0 Å². The van der Waals surface area contributed by atoms with E-state index in [1.165, 1.54) is 38.5 Å². The van der Waals surface area contributed by atoms with E-state index in [2.05, 4.69) is 6.92 Å². The maximum atomic E-state index is 12.4. The van der Waals surface area contributed by atoms with Crippen LogP contribution in [0.2, 0.25) is 0 Å². The molecule has 4 heteroatoms. The minimum absolute atomic E-state index is 0. The molecular weight excluding hydrogens is 272 g/mol. The van der Waals surface area contributed by atoms with Gasteiger partial charge in [0.1, 0.15) is 0 Å². The minimum Gasteiger partial charge on any atom is -0.343 e. The van der Waals surface area contributed by atoms with Gasteiger partial charge in [0.05, 0.1) is 0 Å². The summed E-state index contributed by atoms with van der Waals surface area (Å²) in [4.78, 5) is 14.5. The summed E-state index contributed by atoms with van der Waals surface area (Å²) in [5.41, 5.74) is 6.16. The Balaban J connectivity index is 0.00000200. The van der Waals surface area contributed by atoms with Crippen molar-refractivity contribution in [3.8, 4) is 0 Å². The zero-order valence-corrected chi connectivity index (χ0v) is 13.8. The van der Waals surface area contributed by atoms with Crippen LogP contribution in [0.4, 0.5) is 0 Å². The highest BCUT2D eigenvalue weighted by molar-refractivity contribution is 5.85. The highest BCUT2D eigenvalue weighted by Crippen LogP contribution is 2.29. The fourth-order valence-electron chi connectivity index (χ4n) is 3.82. The van der Waals surface area contributed by atoms with E-state index in [1.807, 2.05) is 11.9 Å². The van der Waals surface area contributed by atoms with E-state index in [4.69, 9.17) is 5.73 Å². The second kappa shape index (κ2) is 8.23. The van der Waals surface area contributed by atoms with E-state index in [0.29, 0.717) is 24.3 Å². The number of nitrogens with two attached hydrogens (primary N) is 1. The van der Waals surface area contributed by atoms with Crippen LogP contribution >= 0.6 is 12.4 Å². The fraction of sp³-hybridized carbons (Fsp3) is 0.938. The maximum Gasteiger partial charge on any atom is 0.222 e. The maximum absolute atomic E-state index is 12.4. The van der Waals surface area contributed by atoms with Crippen LogP contribution in [0.25, 0.3) is 0 Å². The molecule has 2 aliphatic rings. The Morgan fingerprint density at radius 2 is 1.85 bits per heavy atom. The van der Waals surface area contributed by atoms with Crippen LogP contribution in [-0.4, -0.2) is 29.9 Å². The molecular formula is C16H31ClN2O. The van der Waals surface area contributed by atoms with Crippen LogP contribution in [0.1, 0.15) is 64.7 Å². The summed E-state index contributed by atoms with van der Waals surface area (Å²) in [5.74, 6) is 1.51. The van der Waals surface area contributed by atoms with Gasteiger partial charge >= 0.3 is 0 Å². The molecule has 4 atom stereocenters. The van der Waals surface area contributed by atoms with Gasteiger partial charge < -0.3 is 10.6 Å². The largest absolute Gasteiger partial charge is 0.343 e. The Hall–Kier alpha value is -0.280. The third-order valence-corrected chi connectivity index (χ3v) is 5.25. The SMILES string of the molecule is CC1CCCC(N(C)C(=O)CC2CCCCC2N)C1.Cl. The van der Waals surface area contributed by atoms with E-state index in [9.17, 15) is 4.79 Å². The van der Waals surface area contributed by atoms with Crippen molar-refractivity contribution in [3.63, 3.8) is 0 Å². The number of amides is 1. The molecule has 0 aromatic carbocycles. The molecule has 20 heavy (non-hydrogen) atoms. The lowest BCUT2D eigenvalue weighted by Gasteiger charge is -2.36. The molecule has 0 aromatic rings. The molecule has 2 N–H and O–H groups in total. The van der Waals surface area contributed by atoms with Gasteiger partial charge in [-0.3, -0.25) is 4.79 Å². The molecule has 0 bridgehead atoms. The summed E-state index contributed by atoms with van der Waals surface area (Å²) >= 11 is 0. The molecule has 1 amide bonds. The molecule has 0 spiro atoms. The van der Waals surface area contributed by atoms with Crippen molar-refractivity contribution in [1.82, 2.24) is 4.90 Å².